The van der Waals surface area contributed by atoms with E-state index in [1.54, 1.807) is 24.3 Å². The summed E-state index contributed by atoms with van der Waals surface area (Å²) in [7, 11) is -2.11. The molecule has 1 aliphatic carbocycles. The summed E-state index contributed by atoms with van der Waals surface area (Å²) in [4.78, 5) is 0. The van der Waals surface area contributed by atoms with E-state index in [1.807, 2.05) is 6.07 Å². The number of hydrogen-bond acceptors (Lipinski definition) is 3. The number of benzene rings is 1. The molecule has 1 aromatic carbocycles. The van der Waals surface area contributed by atoms with Crippen molar-refractivity contribution >= 4 is 15.9 Å². The largest absolute Gasteiger partial charge is 0.301 e. The van der Waals surface area contributed by atoms with Crippen molar-refractivity contribution in [3.8, 4) is 6.07 Å². The van der Waals surface area contributed by atoms with Crippen molar-refractivity contribution in [2.75, 3.05) is 11.4 Å². The number of anilines is 1. The summed E-state index contributed by atoms with van der Waals surface area (Å²) in [5.74, 6) is 0. The van der Waals surface area contributed by atoms with E-state index in [4.69, 9.17) is 5.26 Å². The highest BCUT2D eigenvalue weighted by Gasteiger charge is 2.30. The topological polar surface area (TPSA) is 73.2 Å². The molecular formula is C11H13N3O2S. The van der Waals surface area contributed by atoms with Crippen LogP contribution in [0.4, 0.5) is 5.69 Å². The van der Waals surface area contributed by atoms with Crippen molar-refractivity contribution in [3.63, 3.8) is 0 Å². The van der Waals surface area contributed by atoms with E-state index in [2.05, 4.69) is 4.72 Å². The molecule has 0 amide bonds. The number of nitrogens with one attached hydrogen (secondary N) is 1. The van der Waals surface area contributed by atoms with Gasteiger partial charge in [-0.05, 0) is 25.0 Å². The van der Waals surface area contributed by atoms with Gasteiger partial charge in [-0.2, -0.15) is 18.4 Å². The summed E-state index contributed by atoms with van der Waals surface area (Å²) >= 11 is 0. The monoisotopic (exact) mass is 251 g/mol. The average Bonchev–Trinajstić information content (AvgIpc) is 3.11. The smallest absolute Gasteiger partial charge is 0.260 e. The zero-order chi connectivity index (χ0) is 12.5. The quantitative estimate of drug-likeness (QED) is 0.867. The molecule has 0 heterocycles. The second kappa shape index (κ2) is 4.35. The molecule has 0 aromatic heterocycles. The van der Waals surface area contributed by atoms with Crippen LogP contribution in [0.5, 0.6) is 0 Å². The van der Waals surface area contributed by atoms with Crippen LogP contribution < -0.4 is 9.03 Å². The van der Waals surface area contributed by atoms with Crippen LogP contribution in [-0.2, 0) is 10.2 Å². The third-order valence-corrected chi connectivity index (χ3v) is 4.17. The minimum atomic E-state index is -3.55. The predicted octanol–water partition coefficient (Wildman–Crippen LogP) is 0.991. The molecule has 0 radical (unpaired) electrons. The number of nitriles is 1. The van der Waals surface area contributed by atoms with Crippen molar-refractivity contribution in [1.82, 2.24) is 4.72 Å². The van der Waals surface area contributed by atoms with Crippen LogP contribution in [0, 0.1) is 11.3 Å². The summed E-state index contributed by atoms with van der Waals surface area (Å²) in [6, 6.07) is 8.66. The van der Waals surface area contributed by atoms with Gasteiger partial charge in [0.15, 0.2) is 0 Å². The Morgan fingerprint density at radius 3 is 2.65 bits per heavy atom. The van der Waals surface area contributed by atoms with Crippen LogP contribution in [0.3, 0.4) is 0 Å². The van der Waals surface area contributed by atoms with Crippen molar-refractivity contribution in [3.05, 3.63) is 29.8 Å². The normalized spacial score (nSPS) is 15.3. The Kier molecular flexibility index (Phi) is 3.05. The lowest BCUT2D eigenvalue weighted by Gasteiger charge is -2.20. The molecule has 1 aromatic rings. The van der Waals surface area contributed by atoms with Gasteiger partial charge in [-0.25, -0.2) is 0 Å². The molecule has 0 bridgehead atoms. The number of hydrogen-bond donors (Lipinski definition) is 1. The maximum atomic E-state index is 12.0. The second-order valence-electron chi connectivity index (χ2n) is 3.99. The maximum absolute atomic E-state index is 12.0. The molecule has 17 heavy (non-hydrogen) atoms. The summed E-state index contributed by atoms with van der Waals surface area (Å²) in [5.41, 5.74) is 0.735. The van der Waals surface area contributed by atoms with E-state index in [-0.39, 0.29) is 6.04 Å². The van der Waals surface area contributed by atoms with E-state index in [0.717, 1.165) is 17.1 Å². The van der Waals surface area contributed by atoms with E-state index in [9.17, 15) is 8.42 Å². The predicted molar refractivity (Wildman–Crippen MR) is 64.6 cm³/mol. The molecule has 6 heteroatoms. The minimum Gasteiger partial charge on any atom is -0.260 e. The maximum Gasteiger partial charge on any atom is 0.301 e. The first-order valence-corrected chi connectivity index (χ1v) is 6.74. The van der Waals surface area contributed by atoms with Gasteiger partial charge in [0.25, 0.3) is 0 Å². The Hall–Kier alpha value is -1.58. The lowest BCUT2D eigenvalue weighted by molar-refractivity contribution is 0.579. The van der Waals surface area contributed by atoms with Crippen molar-refractivity contribution in [2.45, 2.75) is 18.9 Å². The fourth-order valence-electron chi connectivity index (χ4n) is 1.46. The molecule has 5 nitrogen and oxygen atoms in total. The Morgan fingerprint density at radius 1 is 1.41 bits per heavy atom. The summed E-state index contributed by atoms with van der Waals surface area (Å²) in [6.45, 7) is 0. The lowest BCUT2D eigenvalue weighted by Crippen LogP contribution is -2.39. The first-order valence-electron chi connectivity index (χ1n) is 5.30. The fraction of sp³-hybridized carbons (Fsp3) is 0.364. The number of nitrogens with zero attached hydrogens (tertiary/aromatic N) is 2. The van der Waals surface area contributed by atoms with Crippen molar-refractivity contribution < 1.29 is 8.42 Å². The average molecular weight is 251 g/mol. The van der Waals surface area contributed by atoms with Crippen LogP contribution in [-0.4, -0.2) is 21.5 Å². The molecule has 1 N–H and O–H groups in total. The van der Waals surface area contributed by atoms with Crippen LogP contribution in [0.2, 0.25) is 0 Å². The Bertz CT molecular complexity index is 558. The van der Waals surface area contributed by atoms with Crippen LogP contribution >= 0.6 is 0 Å². The van der Waals surface area contributed by atoms with Gasteiger partial charge in [0.1, 0.15) is 6.07 Å². The molecule has 0 atom stereocenters. The molecule has 1 fully saturated rings. The molecule has 0 aliphatic heterocycles. The number of para-hydroxylation sites is 1. The van der Waals surface area contributed by atoms with Gasteiger partial charge in [-0.1, -0.05) is 12.1 Å². The summed E-state index contributed by atoms with van der Waals surface area (Å²) in [5, 5.41) is 8.94. The molecule has 0 saturated heterocycles. The molecular weight excluding hydrogens is 238 g/mol. The Morgan fingerprint density at radius 2 is 2.06 bits per heavy atom. The molecule has 90 valence electrons. The second-order valence-corrected chi connectivity index (χ2v) is 5.73. The van der Waals surface area contributed by atoms with E-state index in [0.29, 0.717) is 11.3 Å². The van der Waals surface area contributed by atoms with Gasteiger partial charge in [0, 0.05) is 13.1 Å². The van der Waals surface area contributed by atoms with Gasteiger partial charge in [-0.15, -0.1) is 0 Å². The van der Waals surface area contributed by atoms with Crippen LogP contribution in [0.15, 0.2) is 24.3 Å². The van der Waals surface area contributed by atoms with Gasteiger partial charge in [0.05, 0.1) is 11.3 Å². The lowest BCUT2D eigenvalue weighted by atomic mass is 10.2. The summed E-state index contributed by atoms with van der Waals surface area (Å²) in [6.07, 6.45) is 1.76. The fourth-order valence-corrected chi connectivity index (χ4v) is 2.70. The van der Waals surface area contributed by atoms with Crippen molar-refractivity contribution in [1.29, 1.82) is 5.26 Å². The molecule has 1 aliphatic rings. The van der Waals surface area contributed by atoms with E-state index >= 15 is 0 Å². The van der Waals surface area contributed by atoms with Gasteiger partial charge in [0.2, 0.25) is 0 Å². The Balaban J connectivity index is 2.29. The molecule has 0 unspecified atom stereocenters. The SMILES string of the molecule is CN(c1ccccc1C#N)S(=O)(=O)NC1CC1. The first kappa shape index (κ1) is 11.9. The third kappa shape index (κ3) is 2.57. The minimum absolute atomic E-state index is 0.0525. The third-order valence-electron chi connectivity index (χ3n) is 2.62. The molecule has 0 spiro atoms. The molecule has 1 saturated carbocycles. The van der Waals surface area contributed by atoms with Crippen LogP contribution in [0.25, 0.3) is 0 Å². The highest BCUT2D eigenvalue weighted by molar-refractivity contribution is 7.90. The zero-order valence-corrected chi connectivity index (χ0v) is 10.2. The summed E-state index contributed by atoms with van der Waals surface area (Å²) < 4.78 is 27.6. The highest BCUT2D eigenvalue weighted by atomic mass is 32.2. The van der Waals surface area contributed by atoms with Gasteiger partial charge in [-0.3, -0.25) is 4.31 Å². The zero-order valence-electron chi connectivity index (χ0n) is 9.42. The molecule has 2 rings (SSSR count). The van der Waals surface area contributed by atoms with Crippen LogP contribution in [0.1, 0.15) is 18.4 Å². The Labute approximate surface area is 101 Å². The van der Waals surface area contributed by atoms with E-state index < -0.39 is 10.2 Å². The first-order chi connectivity index (χ1) is 8.04. The van der Waals surface area contributed by atoms with Gasteiger partial charge < -0.3 is 0 Å². The highest BCUT2D eigenvalue weighted by Crippen LogP contribution is 2.24. The van der Waals surface area contributed by atoms with Gasteiger partial charge >= 0.3 is 10.2 Å². The standard InChI is InChI=1S/C11H13N3O2S/c1-14(17(15,16)13-10-6-7-10)11-5-3-2-4-9(11)8-12/h2-5,10,13H,6-7H2,1H3. The van der Waals surface area contributed by atoms with Crippen molar-refractivity contribution in [2.24, 2.45) is 0 Å². The van der Waals surface area contributed by atoms with E-state index in [1.165, 1.54) is 7.05 Å². The number of rotatable bonds is 4.